The van der Waals surface area contributed by atoms with Crippen molar-refractivity contribution in [3.05, 3.63) is 0 Å². The van der Waals surface area contributed by atoms with E-state index < -0.39 is 17.5 Å². The normalized spacial score (nSPS) is 13.4. The van der Waals surface area contributed by atoms with Crippen molar-refractivity contribution in [1.82, 2.24) is 4.90 Å². The largest absolute Gasteiger partial charge is 0.459 e. The Morgan fingerprint density at radius 1 is 1.47 bits per heavy atom. The SMILES string of the molecule is CN(C)CCC(C#N)C(=O)OC(C)(C)C. The first kappa shape index (κ1) is 13.9. The number of carbonyl (C=O) groups is 1. The molecular weight excluding hydrogens is 192 g/mol. The van der Waals surface area contributed by atoms with E-state index in [-0.39, 0.29) is 0 Å². The summed E-state index contributed by atoms with van der Waals surface area (Å²) in [5.74, 6) is -1.08. The number of esters is 1. The van der Waals surface area contributed by atoms with E-state index in [1.807, 2.05) is 25.1 Å². The molecule has 86 valence electrons. The molecule has 0 amide bonds. The number of ether oxygens (including phenoxy) is 1. The van der Waals surface area contributed by atoms with Crippen molar-refractivity contribution in [2.24, 2.45) is 5.92 Å². The van der Waals surface area contributed by atoms with Gasteiger partial charge in [0.1, 0.15) is 11.5 Å². The lowest BCUT2D eigenvalue weighted by Gasteiger charge is -2.21. The fourth-order valence-corrected chi connectivity index (χ4v) is 0.995. The van der Waals surface area contributed by atoms with Crippen LogP contribution >= 0.6 is 0 Å². The maximum Gasteiger partial charge on any atom is 0.323 e. The summed E-state index contributed by atoms with van der Waals surface area (Å²) in [6.07, 6.45) is 0.512. The molecule has 0 saturated carbocycles. The molecule has 0 bridgehead atoms. The molecule has 0 heterocycles. The van der Waals surface area contributed by atoms with Crippen molar-refractivity contribution in [2.45, 2.75) is 32.8 Å². The summed E-state index contributed by atoms with van der Waals surface area (Å²) >= 11 is 0. The highest BCUT2D eigenvalue weighted by Gasteiger charge is 2.24. The average Bonchev–Trinajstić information content (AvgIpc) is 2.01. The molecule has 0 rings (SSSR count). The third-order valence-electron chi connectivity index (χ3n) is 1.71. The fraction of sp³-hybridized carbons (Fsp3) is 0.818. The number of hydrogen-bond donors (Lipinski definition) is 0. The number of nitriles is 1. The van der Waals surface area contributed by atoms with Crippen LogP contribution in [-0.2, 0) is 9.53 Å². The molecule has 0 N–H and O–H groups in total. The zero-order valence-electron chi connectivity index (χ0n) is 10.2. The second-order valence-electron chi connectivity index (χ2n) is 4.81. The molecule has 0 aromatic heterocycles. The van der Waals surface area contributed by atoms with Crippen molar-refractivity contribution >= 4 is 5.97 Å². The zero-order valence-corrected chi connectivity index (χ0v) is 10.2. The monoisotopic (exact) mass is 212 g/mol. The van der Waals surface area contributed by atoms with Gasteiger partial charge in [-0.2, -0.15) is 5.26 Å². The van der Waals surface area contributed by atoms with Crippen molar-refractivity contribution in [3.8, 4) is 6.07 Å². The molecule has 0 aromatic rings. The molecule has 0 aliphatic heterocycles. The average molecular weight is 212 g/mol. The van der Waals surface area contributed by atoms with Gasteiger partial charge in [-0.25, -0.2) is 0 Å². The second-order valence-corrected chi connectivity index (χ2v) is 4.81. The molecule has 0 spiro atoms. The lowest BCUT2D eigenvalue weighted by Crippen LogP contribution is -2.29. The summed E-state index contributed by atoms with van der Waals surface area (Å²) in [6, 6.07) is 1.98. The van der Waals surface area contributed by atoms with Gasteiger partial charge in [0.15, 0.2) is 0 Å². The third-order valence-corrected chi connectivity index (χ3v) is 1.71. The van der Waals surface area contributed by atoms with Crippen molar-refractivity contribution in [2.75, 3.05) is 20.6 Å². The van der Waals surface area contributed by atoms with Crippen LogP contribution in [-0.4, -0.2) is 37.1 Å². The maximum atomic E-state index is 11.5. The summed E-state index contributed by atoms with van der Waals surface area (Å²) < 4.78 is 5.14. The topological polar surface area (TPSA) is 53.3 Å². The first-order valence-corrected chi connectivity index (χ1v) is 5.03. The van der Waals surface area contributed by atoms with Gasteiger partial charge in [-0.05, 0) is 47.8 Å². The van der Waals surface area contributed by atoms with E-state index >= 15 is 0 Å². The molecule has 15 heavy (non-hydrogen) atoms. The highest BCUT2D eigenvalue weighted by atomic mass is 16.6. The smallest absolute Gasteiger partial charge is 0.323 e. The Kier molecular flexibility index (Phi) is 5.31. The van der Waals surface area contributed by atoms with E-state index in [4.69, 9.17) is 10.00 Å². The molecule has 4 heteroatoms. The Morgan fingerprint density at radius 2 is 2.00 bits per heavy atom. The van der Waals surface area contributed by atoms with Crippen LogP contribution in [0.2, 0.25) is 0 Å². The van der Waals surface area contributed by atoms with Gasteiger partial charge in [0.2, 0.25) is 0 Å². The van der Waals surface area contributed by atoms with Crippen LogP contribution in [0.4, 0.5) is 0 Å². The van der Waals surface area contributed by atoms with Gasteiger partial charge < -0.3 is 9.64 Å². The number of hydrogen-bond acceptors (Lipinski definition) is 4. The zero-order chi connectivity index (χ0) is 12.1. The quantitative estimate of drug-likeness (QED) is 0.661. The molecule has 0 fully saturated rings. The van der Waals surface area contributed by atoms with Crippen LogP contribution in [0.5, 0.6) is 0 Å². The van der Waals surface area contributed by atoms with E-state index in [0.717, 1.165) is 0 Å². The van der Waals surface area contributed by atoms with Gasteiger partial charge in [-0.1, -0.05) is 0 Å². The molecular formula is C11H20N2O2. The summed E-state index contributed by atoms with van der Waals surface area (Å²) in [5.41, 5.74) is -0.524. The highest BCUT2D eigenvalue weighted by Crippen LogP contribution is 2.13. The van der Waals surface area contributed by atoms with Gasteiger partial charge in [0, 0.05) is 0 Å². The summed E-state index contributed by atoms with van der Waals surface area (Å²) in [6.45, 7) is 6.10. The minimum atomic E-state index is -0.661. The van der Waals surface area contributed by atoms with Crippen molar-refractivity contribution < 1.29 is 9.53 Å². The Morgan fingerprint density at radius 3 is 2.33 bits per heavy atom. The van der Waals surface area contributed by atoms with Crippen LogP contribution in [0.25, 0.3) is 0 Å². The maximum absolute atomic E-state index is 11.5. The summed E-state index contributed by atoms with van der Waals surface area (Å²) in [5, 5.41) is 8.84. The summed E-state index contributed by atoms with van der Waals surface area (Å²) in [4.78, 5) is 13.5. The van der Waals surface area contributed by atoms with Gasteiger partial charge in [0.25, 0.3) is 0 Å². The van der Waals surface area contributed by atoms with Gasteiger partial charge in [-0.15, -0.1) is 0 Å². The molecule has 0 aromatic carbocycles. The Labute approximate surface area is 91.8 Å². The van der Waals surface area contributed by atoms with Gasteiger partial charge in [-0.3, -0.25) is 4.79 Å². The molecule has 4 nitrogen and oxygen atoms in total. The van der Waals surface area contributed by atoms with Crippen LogP contribution in [0, 0.1) is 17.2 Å². The molecule has 1 unspecified atom stereocenters. The van der Waals surface area contributed by atoms with Gasteiger partial charge >= 0.3 is 5.97 Å². The fourth-order valence-electron chi connectivity index (χ4n) is 0.995. The van der Waals surface area contributed by atoms with E-state index in [1.165, 1.54) is 0 Å². The number of carbonyl (C=O) groups excluding carboxylic acids is 1. The minimum Gasteiger partial charge on any atom is -0.459 e. The van der Waals surface area contributed by atoms with Crippen LogP contribution < -0.4 is 0 Å². The highest BCUT2D eigenvalue weighted by molar-refractivity contribution is 5.75. The predicted molar refractivity (Wildman–Crippen MR) is 58.1 cm³/mol. The Hall–Kier alpha value is -1.08. The van der Waals surface area contributed by atoms with Crippen LogP contribution in [0.1, 0.15) is 27.2 Å². The molecule has 0 aliphatic carbocycles. The molecule has 0 radical (unpaired) electrons. The lowest BCUT2D eigenvalue weighted by atomic mass is 10.1. The Balaban J connectivity index is 4.19. The van der Waals surface area contributed by atoms with Crippen molar-refractivity contribution in [1.29, 1.82) is 5.26 Å². The predicted octanol–water partition coefficient (Wildman–Crippen LogP) is 1.42. The third kappa shape index (κ3) is 6.92. The lowest BCUT2D eigenvalue weighted by molar-refractivity contribution is -0.158. The van der Waals surface area contributed by atoms with E-state index in [2.05, 4.69) is 0 Å². The van der Waals surface area contributed by atoms with Crippen molar-refractivity contribution in [3.63, 3.8) is 0 Å². The number of rotatable bonds is 4. The number of nitrogens with zero attached hydrogens (tertiary/aromatic N) is 2. The van der Waals surface area contributed by atoms with E-state index in [0.29, 0.717) is 13.0 Å². The van der Waals surface area contributed by atoms with Gasteiger partial charge in [0.05, 0.1) is 6.07 Å². The standard InChI is InChI=1S/C11H20N2O2/c1-11(2,3)15-10(14)9(8-12)6-7-13(4)5/h9H,6-7H2,1-5H3. The first-order chi connectivity index (χ1) is 6.76. The minimum absolute atomic E-state index is 0.424. The molecule has 0 saturated heterocycles. The van der Waals surface area contributed by atoms with Crippen LogP contribution in [0.15, 0.2) is 0 Å². The first-order valence-electron chi connectivity index (χ1n) is 5.03. The van der Waals surface area contributed by atoms with E-state index in [9.17, 15) is 4.79 Å². The second kappa shape index (κ2) is 5.72. The Bertz CT molecular complexity index is 248. The molecule has 0 aliphatic rings. The molecule has 1 atom stereocenters. The van der Waals surface area contributed by atoms with Crippen LogP contribution in [0.3, 0.4) is 0 Å². The van der Waals surface area contributed by atoms with E-state index in [1.54, 1.807) is 20.8 Å². The summed E-state index contributed by atoms with van der Waals surface area (Å²) in [7, 11) is 3.81.